The lowest BCUT2D eigenvalue weighted by Crippen LogP contribution is -2.46. The predicted molar refractivity (Wildman–Crippen MR) is 112 cm³/mol. The molecule has 2 aromatic carbocycles. The zero-order chi connectivity index (χ0) is 22.3. The third-order valence-corrected chi connectivity index (χ3v) is 6.58. The minimum atomic E-state index is -3.65. The van der Waals surface area contributed by atoms with Crippen LogP contribution in [0.15, 0.2) is 64.5 Å². The fraction of sp³-hybridized carbons (Fsp3) is 0.333. The molecule has 1 aliphatic rings. The van der Waals surface area contributed by atoms with Gasteiger partial charge in [-0.3, -0.25) is 10.0 Å². The Bertz CT molecular complexity index is 1020. The maximum atomic E-state index is 12.6. The molecule has 166 valence electrons. The molecule has 3 N–H and O–H groups in total. The number of nitrogens with one attached hydrogen (secondary N) is 1. The van der Waals surface area contributed by atoms with Crippen LogP contribution in [0.5, 0.6) is 5.75 Å². The zero-order valence-corrected chi connectivity index (χ0v) is 17.5. The lowest BCUT2D eigenvalue weighted by Gasteiger charge is -2.21. The first-order valence-electron chi connectivity index (χ1n) is 9.69. The number of hydroxylamine groups is 1. The van der Waals surface area contributed by atoms with Gasteiger partial charge in [0.2, 0.25) is 5.90 Å². The van der Waals surface area contributed by atoms with Gasteiger partial charge in [0.05, 0.1) is 17.3 Å². The van der Waals surface area contributed by atoms with Crippen LogP contribution >= 0.6 is 0 Å². The van der Waals surface area contributed by atoms with Gasteiger partial charge in [-0.1, -0.05) is 18.2 Å². The van der Waals surface area contributed by atoms with E-state index in [1.807, 2.05) is 0 Å². The summed E-state index contributed by atoms with van der Waals surface area (Å²) in [4.78, 5) is 16.9. The number of rotatable bonds is 10. The Balaban J connectivity index is 1.77. The summed E-state index contributed by atoms with van der Waals surface area (Å²) in [5.74, 6) is -0.413. The van der Waals surface area contributed by atoms with Gasteiger partial charge in [0, 0.05) is 18.6 Å². The van der Waals surface area contributed by atoms with Gasteiger partial charge in [-0.15, -0.1) is 0 Å². The maximum absolute atomic E-state index is 12.6. The van der Waals surface area contributed by atoms with E-state index in [-0.39, 0.29) is 36.2 Å². The molecule has 10 heteroatoms. The van der Waals surface area contributed by atoms with Gasteiger partial charge in [-0.05, 0) is 42.8 Å². The molecule has 1 amide bonds. The second-order valence-corrected chi connectivity index (χ2v) is 9.12. The summed E-state index contributed by atoms with van der Waals surface area (Å²) >= 11 is 0. The zero-order valence-electron chi connectivity index (χ0n) is 16.7. The molecule has 0 unspecified atom stereocenters. The SMILES string of the molecule is O=C(NO)[C@]1(CCS(=O)(=O)c2ccccc2)COC(c2ccc(OCCCO)cc2)=N1. The number of benzene rings is 2. The van der Waals surface area contributed by atoms with Crippen LogP contribution in [-0.4, -0.2) is 61.6 Å². The van der Waals surface area contributed by atoms with Gasteiger partial charge < -0.3 is 14.6 Å². The molecule has 2 aromatic rings. The number of hydrogen-bond acceptors (Lipinski definition) is 8. The summed E-state index contributed by atoms with van der Waals surface area (Å²) in [5.41, 5.74) is 0.582. The largest absolute Gasteiger partial charge is 0.494 e. The van der Waals surface area contributed by atoms with Crippen molar-refractivity contribution in [3.05, 3.63) is 60.2 Å². The van der Waals surface area contributed by atoms with Crippen molar-refractivity contribution in [3.8, 4) is 5.75 Å². The normalized spacial score (nSPS) is 18.2. The van der Waals surface area contributed by atoms with E-state index in [1.54, 1.807) is 47.9 Å². The standard InChI is InChI=1S/C21H24N2O7S/c24-12-4-13-29-17-9-7-16(8-10-17)19-22-21(15-30-19,20(25)23-26)11-14-31(27,28)18-5-2-1-3-6-18/h1-3,5-10,24,26H,4,11-15H2,(H,23,25)/t21-/m0/s1. The highest BCUT2D eigenvalue weighted by atomic mass is 32.2. The number of aliphatic imine (C=N–C) groups is 1. The number of carbonyl (C=O) groups excluding carboxylic acids is 1. The molecule has 0 aliphatic carbocycles. The molecule has 31 heavy (non-hydrogen) atoms. The number of aliphatic hydroxyl groups excluding tert-OH is 1. The van der Waals surface area contributed by atoms with Crippen molar-refractivity contribution in [1.29, 1.82) is 0 Å². The first kappa shape index (κ1) is 22.7. The molecule has 9 nitrogen and oxygen atoms in total. The first-order chi connectivity index (χ1) is 14.9. The quantitative estimate of drug-likeness (QED) is 0.284. The lowest BCUT2D eigenvalue weighted by molar-refractivity contribution is -0.135. The van der Waals surface area contributed by atoms with Gasteiger partial charge in [0.25, 0.3) is 5.91 Å². The van der Waals surface area contributed by atoms with Gasteiger partial charge in [0.15, 0.2) is 15.4 Å². The Morgan fingerprint density at radius 3 is 2.52 bits per heavy atom. The fourth-order valence-electron chi connectivity index (χ4n) is 3.05. The molecule has 1 aliphatic heterocycles. The second-order valence-electron chi connectivity index (χ2n) is 7.01. The number of aliphatic hydroxyl groups is 1. The third-order valence-electron chi connectivity index (χ3n) is 4.85. The first-order valence-corrected chi connectivity index (χ1v) is 11.3. The smallest absolute Gasteiger partial charge is 0.274 e. The molecule has 3 rings (SSSR count). The van der Waals surface area contributed by atoms with E-state index in [2.05, 4.69) is 4.99 Å². The lowest BCUT2D eigenvalue weighted by atomic mass is 9.98. The van der Waals surface area contributed by atoms with Gasteiger partial charge in [0.1, 0.15) is 12.4 Å². The Kier molecular flexibility index (Phi) is 7.26. The average Bonchev–Trinajstić information content (AvgIpc) is 3.24. The summed E-state index contributed by atoms with van der Waals surface area (Å²) < 4.78 is 36.3. The highest BCUT2D eigenvalue weighted by molar-refractivity contribution is 7.91. The van der Waals surface area contributed by atoms with Crippen molar-refractivity contribution in [1.82, 2.24) is 5.48 Å². The van der Waals surface area contributed by atoms with E-state index in [9.17, 15) is 18.4 Å². The topological polar surface area (TPSA) is 135 Å². The van der Waals surface area contributed by atoms with Crippen LogP contribution in [0.3, 0.4) is 0 Å². The summed E-state index contributed by atoms with van der Waals surface area (Å²) in [6.07, 6.45) is 0.352. The van der Waals surface area contributed by atoms with Crippen molar-refractivity contribution < 1.29 is 33.0 Å². The summed E-state index contributed by atoms with van der Waals surface area (Å²) in [7, 11) is -3.65. The van der Waals surface area contributed by atoms with Crippen molar-refractivity contribution in [2.45, 2.75) is 23.3 Å². The molecular formula is C21H24N2O7S. The molecule has 0 saturated heterocycles. The summed E-state index contributed by atoms with van der Waals surface area (Å²) in [5, 5.41) is 18.0. The van der Waals surface area contributed by atoms with Gasteiger partial charge in [-0.2, -0.15) is 0 Å². The molecule has 1 heterocycles. The summed E-state index contributed by atoms with van der Waals surface area (Å²) in [6, 6.07) is 14.7. The van der Waals surface area contributed by atoms with E-state index in [4.69, 9.17) is 14.6 Å². The maximum Gasteiger partial charge on any atom is 0.274 e. The Labute approximate surface area is 180 Å². The third kappa shape index (κ3) is 5.40. The van der Waals surface area contributed by atoms with Crippen molar-refractivity contribution in [2.75, 3.05) is 25.6 Å². The van der Waals surface area contributed by atoms with Crippen LogP contribution in [0.4, 0.5) is 0 Å². The van der Waals surface area contributed by atoms with E-state index >= 15 is 0 Å². The van der Waals surface area contributed by atoms with Crippen LogP contribution in [0.25, 0.3) is 0 Å². The van der Waals surface area contributed by atoms with Gasteiger partial charge >= 0.3 is 0 Å². The van der Waals surface area contributed by atoms with Crippen LogP contribution in [0.2, 0.25) is 0 Å². The number of carbonyl (C=O) groups is 1. The van der Waals surface area contributed by atoms with E-state index < -0.39 is 21.3 Å². The van der Waals surface area contributed by atoms with Crippen LogP contribution in [-0.2, 0) is 19.4 Å². The number of hydrogen-bond donors (Lipinski definition) is 3. The Morgan fingerprint density at radius 1 is 1.16 bits per heavy atom. The van der Waals surface area contributed by atoms with Crippen LogP contribution in [0, 0.1) is 0 Å². The summed E-state index contributed by atoms with van der Waals surface area (Å²) in [6.45, 7) is 0.217. The number of nitrogens with zero attached hydrogens (tertiary/aromatic N) is 1. The minimum absolute atomic E-state index is 0.0394. The second kappa shape index (κ2) is 9.90. The van der Waals surface area contributed by atoms with Crippen molar-refractivity contribution in [2.24, 2.45) is 4.99 Å². The number of ether oxygens (including phenoxy) is 2. The van der Waals surface area contributed by atoms with Crippen LogP contribution in [0.1, 0.15) is 18.4 Å². The number of amides is 1. The molecule has 1 atom stereocenters. The fourth-order valence-corrected chi connectivity index (χ4v) is 4.47. The highest BCUT2D eigenvalue weighted by Crippen LogP contribution is 2.28. The minimum Gasteiger partial charge on any atom is -0.494 e. The Hall–Kier alpha value is -2.95. The highest BCUT2D eigenvalue weighted by Gasteiger charge is 2.45. The number of sulfone groups is 1. The van der Waals surface area contributed by atoms with Crippen LogP contribution < -0.4 is 10.2 Å². The molecule has 0 saturated carbocycles. The van der Waals surface area contributed by atoms with E-state index in [1.165, 1.54) is 12.1 Å². The van der Waals surface area contributed by atoms with E-state index in [0.717, 1.165) is 0 Å². The monoisotopic (exact) mass is 448 g/mol. The molecular weight excluding hydrogens is 424 g/mol. The molecule has 0 aromatic heterocycles. The van der Waals surface area contributed by atoms with Crippen molar-refractivity contribution in [3.63, 3.8) is 0 Å². The molecule has 0 bridgehead atoms. The van der Waals surface area contributed by atoms with E-state index in [0.29, 0.717) is 24.3 Å². The Morgan fingerprint density at radius 2 is 1.87 bits per heavy atom. The van der Waals surface area contributed by atoms with Crippen molar-refractivity contribution >= 4 is 21.6 Å². The van der Waals surface area contributed by atoms with Gasteiger partial charge in [-0.25, -0.2) is 18.9 Å². The average molecular weight is 448 g/mol. The molecule has 0 fully saturated rings. The molecule has 0 spiro atoms. The predicted octanol–water partition coefficient (Wildman–Crippen LogP) is 1.33. The molecule has 0 radical (unpaired) electrons.